The van der Waals surface area contributed by atoms with E-state index in [4.69, 9.17) is 0 Å². The maximum atomic E-state index is 3.88. The minimum atomic E-state index is 0.615. The van der Waals surface area contributed by atoms with Crippen molar-refractivity contribution in [2.24, 2.45) is 46.3 Å². The standard InChI is InChI=1S/C22H40N2/c1-14-18-11-17(22(18,4)5)12-20(14)24-9-8-23-13-15-6-7-16-10-19(15)21(16,2)3/h14-20,23-24H,6-13H2,1-5H3/t14-,15?,16?,17+,18-,19-,20-/m0/s1. The van der Waals surface area contributed by atoms with Crippen molar-refractivity contribution in [3.05, 3.63) is 0 Å². The first-order valence-electron chi connectivity index (χ1n) is 10.8. The summed E-state index contributed by atoms with van der Waals surface area (Å²) in [4.78, 5) is 0. The van der Waals surface area contributed by atoms with Crippen molar-refractivity contribution >= 4 is 0 Å². The Labute approximate surface area is 149 Å². The fraction of sp³-hybridized carbons (Fsp3) is 1.00. The van der Waals surface area contributed by atoms with E-state index in [0.717, 1.165) is 54.6 Å². The molecule has 0 amide bonds. The molecule has 2 nitrogen and oxygen atoms in total. The van der Waals surface area contributed by atoms with Crippen LogP contribution in [0.3, 0.4) is 0 Å². The van der Waals surface area contributed by atoms with E-state index < -0.39 is 0 Å². The second-order valence-electron chi connectivity index (χ2n) is 10.9. The monoisotopic (exact) mass is 332 g/mol. The molecule has 2 N–H and O–H groups in total. The van der Waals surface area contributed by atoms with Gasteiger partial charge in [0.25, 0.3) is 0 Å². The lowest BCUT2D eigenvalue weighted by Gasteiger charge is -2.62. The number of fused-ring (bicyclic) bond motifs is 4. The molecule has 6 saturated carbocycles. The van der Waals surface area contributed by atoms with Crippen LogP contribution in [0.5, 0.6) is 0 Å². The van der Waals surface area contributed by atoms with Crippen molar-refractivity contribution < 1.29 is 0 Å². The average molecular weight is 333 g/mol. The van der Waals surface area contributed by atoms with E-state index >= 15 is 0 Å². The van der Waals surface area contributed by atoms with Gasteiger partial charge in [-0.2, -0.15) is 0 Å². The fourth-order valence-electron chi connectivity index (χ4n) is 7.26. The molecule has 4 bridgehead atoms. The van der Waals surface area contributed by atoms with Crippen molar-refractivity contribution in [3.8, 4) is 0 Å². The van der Waals surface area contributed by atoms with Crippen LogP contribution in [0.1, 0.15) is 66.7 Å². The Kier molecular flexibility index (Phi) is 4.32. The molecule has 0 spiro atoms. The lowest BCUT2D eigenvalue weighted by atomic mass is 9.45. The van der Waals surface area contributed by atoms with Gasteiger partial charge in [-0.05, 0) is 85.0 Å². The molecule has 0 aromatic heterocycles. The number of rotatable bonds is 6. The molecular weight excluding hydrogens is 292 g/mol. The first-order valence-corrected chi connectivity index (χ1v) is 10.8. The Morgan fingerprint density at radius 1 is 0.833 bits per heavy atom. The van der Waals surface area contributed by atoms with Gasteiger partial charge >= 0.3 is 0 Å². The van der Waals surface area contributed by atoms with E-state index in [1.165, 1.54) is 38.6 Å². The van der Waals surface area contributed by atoms with Gasteiger partial charge in [-0.1, -0.05) is 34.6 Å². The molecule has 6 aliphatic rings. The topological polar surface area (TPSA) is 24.1 Å². The van der Waals surface area contributed by atoms with Crippen LogP contribution in [0.15, 0.2) is 0 Å². The van der Waals surface area contributed by atoms with E-state index in [2.05, 4.69) is 45.3 Å². The Morgan fingerprint density at radius 2 is 1.54 bits per heavy atom. The molecule has 2 unspecified atom stereocenters. The zero-order valence-corrected chi connectivity index (χ0v) is 16.7. The molecular formula is C22H40N2. The van der Waals surface area contributed by atoms with E-state index in [0.29, 0.717) is 10.8 Å². The third kappa shape index (κ3) is 2.58. The third-order valence-corrected chi connectivity index (χ3v) is 9.47. The van der Waals surface area contributed by atoms with Gasteiger partial charge < -0.3 is 10.6 Å². The molecule has 6 fully saturated rings. The summed E-state index contributed by atoms with van der Waals surface area (Å²) in [5.41, 5.74) is 1.25. The maximum absolute atomic E-state index is 3.88. The number of hydrogen-bond acceptors (Lipinski definition) is 2. The molecule has 138 valence electrons. The molecule has 7 atom stereocenters. The summed E-state index contributed by atoms with van der Waals surface area (Å²) in [5.74, 6) is 5.74. The lowest BCUT2D eigenvalue weighted by Crippen LogP contribution is -2.60. The zero-order chi connectivity index (χ0) is 17.1. The highest BCUT2D eigenvalue weighted by molar-refractivity contribution is 5.07. The van der Waals surface area contributed by atoms with Crippen LogP contribution >= 0.6 is 0 Å². The van der Waals surface area contributed by atoms with Gasteiger partial charge in [0.1, 0.15) is 0 Å². The predicted molar refractivity (Wildman–Crippen MR) is 102 cm³/mol. The smallest absolute Gasteiger partial charge is 0.00989 e. The number of nitrogens with one attached hydrogen (secondary N) is 2. The molecule has 0 aliphatic heterocycles. The van der Waals surface area contributed by atoms with Crippen LogP contribution in [0.2, 0.25) is 0 Å². The minimum absolute atomic E-state index is 0.615. The van der Waals surface area contributed by atoms with Crippen molar-refractivity contribution in [2.75, 3.05) is 19.6 Å². The highest BCUT2D eigenvalue weighted by Crippen LogP contribution is 2.62. The first kappa shape index (κ1) is 17.3. The Bertz CT molecular complexity index is 467. The van der Waals surface area contributed by atoms with Crippen LogP contribution in [0.4, 0.5) is 0 Å². The summed E-state index contributed by atoms with van der Waals surface area (Å²) in [7, 11) is 0. The van der Waals surface area contributed by atoms with Gasteiger partial charge in [-0.15, -0.1) is 0 Å². The van der Waals surface area contributed by atoms with Crippen LogP contribution in [0.25, 0.3) is 0 Å². The quantitative estimate of drug-likeness (QED) is 0.708. The summed E-state index contributed by atoms with van der Waals surface area (Å²) >= 11 is 0. The molecule has 0 aromatic rings. The second kappa shape index (κ2) is 5.98. The van der Waals surface area contributed by atoms with E-state index in [1.54, 1.807) is 0 Å². The van der Waals surface area contributed by atoms with Gasteiger partial charge in [0.05, 0.1) is 0 Å². The normalized spacial score (nSPS) is 47.6. The van der Waals surface area contributed by atoms with Gasteiger partial charge in [0, 0.05) is 19.1 Å². The zero-order valence-electron chi connectivity index (χ0n) is 16.7. The van der Waals surface area contributed by atoms with Crippen LogP contribution in [-0.4, -0.2) is 25.7 Å². The first-order chi connectivity index (χ1) is 11.3. The summed E-state index contributed by atoms with van der Waals surface area (Å²) in [6.07, 6.45) is 7.36. The van der Waals surface area contributed by atoms with Crippen molar-refractivity contribution in [3.63, 3.8) is 0 Å². The molecule has 0 saturated heterocycles. The summed E-state index contributed by atoms with van der Waals surface area (Å²) in [5, 5.41) is 7.66. The summed E-state index contributed by atoms with van der Waals surface area (Å²) in [6.45, 7) is 16.1. The van der Waals surface area contributed by atoms with Crippen LogP contribution < -0.4 is 10.6 Å². The third-order valence-electron chi connectivity index (χ3n) is 9.47. The Hall–Kier alpha value is -0.0800. The van der Waals surface area contributed by atoms with Gasteiger partial charge in [0.2, 0.25) is 0 Å². The Balaban J connectivity index is 1.15. The molecule has 0 heterocycles. The van der Waals surface area contributed by atoms with E-state index in [-0.39, 0.29) is 0 Å². The average Bonchev–Trinajstić information content (AvgIpc) is 2.55. The second-order valence-corrected chi connectivity index (χ2v) is 10.9. The SMILES string of the molecule is C[C@@H]1[C@@H](NCCNCC2CCC3C[C@@H]2C3(C)C)C[C@H]2C[C@@H]1C2(C)C. The molecule has 2 heteroatoms. The van der Waals surface area contributed by atoms with Crippen molar-refractivity contribution in [2.45, 2.75) is 72.8 Å². The van der Waals surface area contributed by atoms with E-state index in [9.17, 15) is 0 Å². The maximum Gasteiger partial charge on any atom is 0.00989 e. The molecule has 6 aliphatic carbocycles. The molecule has 0 radical (unpaired) electrons. The molecule has 6 rings (SSSR count). The van der Waals surface area contributed by atoms with Crippen molar-refractivity contribution in [1.82, 2.24) is 10.6 Å². The highest BCUT2D eigenvalue weighted by atomic mass is 15.0. The number of hydrogen-bond donors (Lipinski definition) is 2. The van der Waals surface area contributed by atoms with Crippen molar-refractivity contribution in [1.29, 1.82) is 0 Å². The van der Waals surface area contributed by atoms with Crippen LogP contribution in [-0.2, 0) is 0 Å². The molecule has 0 aromatic carbocycles. The highest BCUT2D eigenvalue weighted by Gasteiger charge is 2.56. The van der Waals surface area contributed by atoms with Gasteiger partial charge in [0.15, 0.2) is 0 Å². The molecule has 24 heavy (non-hydrogen) atoms. The van der Waals surface area contributed by atoms with Crippen LogP contribution in [0, 0.1) is 46.3 Å². The summed E-state index contributed by atoms with van der Waals surface area (Å²) in [6, 6.07) is 0.768. The van der Waals surface area contributed by atoms with E-state index in [1.807, 2.05) is 0 Å². The largest absolute Gasteiger partial charge is 0.315 e. The summed E-state index contributed by atoms with van der Waals surface area (Å²) < 4.78 is 0. The Morgan fingerprint density at radius 3 is 2.17 bits per heavy atom. The lowest BCUT2D eigenvalue weighted by molar-refractivity contribution is -0.115. The minimum Gasteiger partial charge on any atom is -0.315 e. The van der Waals surface area contributed by atoms with Gasteiger partial charge in [-0.25, -0.2) is 0 Å². The fourth-order valence-corrected chi connectivity index (χ4v) is 7.26. The predicted octanol–water partition coefficient (Wildman–Crippen LogP) is 4.31. The van der Waals surface area contributed by atoms with Gasteiger partial charge in [-0.3, -0.25) is 0 Å².